The van der Waals surface area contributed by atoms with E-state index in [4.69, 9.17) is 23.1 Å². The van der Waals surface area contributed by atoms with E-state index in [1.165, 1.54) is 216 Å². The van der Waals surface area contributed by atoms with Gasteiger partial charge in [0.1, 0.15) is 11.5 Å². The maximum atomic E-state index is 11.9. The van der Waals surface area contributed by atoms with Crippen LogP contribution in [0.25, 0.3) is 40.3 Å². The molecule has 538 valence electrons. The molecule has 0 amide bonds. The molecule has 6 aromatic heterocycles. The molecule has 0 atom stereocenters. The average molecular weight is 1570 g/mol. The Morgan fingerprint density at radius 3 is 1.09 bits per heavy atom. The van der Waals surface area contributed by atoms with Gasteiger partial charge in [-0.25, -0.2) is 0 Å². The van der Waals surface area contributed by atoms with Gasteiger partial charge in [0.15, 0.2) is 0 Å². The topological polar surface area (TPSA) is 114 Å². The Bertz CT molecular complexity index is 3610. The van der Waals surface area contributed by atoms with Crippen LogP contribution in [0.4, 0.5) is 0 Å². The summed E-state index contributed by atoms with van der Waals surface area (Å²) in [7, 11) is -3.57. The predicted octanol–water partition coefficient (Wildman–Crippen LogP) is 26.7. The SMILES string of the molecule is CCCCCCCCOS(=O)(=O)c1ccc(C)cc1.CCCCCCCCOc1c2c[c]([Sn]([CH3])([CH3])[CH3])sc2c(OCCCCCCCC)c2cc(C)sc12.CCCCCCCCOc1c2ccsc2c(OCCCCCCCC)c2ccsc12.O=C1c2ccsc2C(=O)c2ccsc21. The van der Waals surface area contributed by atoms with Crippen LogP contribution in [-0.2, 0) is 14.3 Å². The molecule has 6 heterocycles. The number of aryl methyl sites for hydroxylation is 2. The molecule has 1 aliphatic carbocycles. The van der Waals surface area contributed by atoms with E-state index in [-0.39, 0.29) is 23.1 Å². The number of hydrogen-bond acceptors (Lipinski definition) is 15. The summed E-state index contributed by atoms with van der Waals surface area (Å²) in [5.74, 6) is 4.35. The van der Waals surface area contributed by atoms with Crippen LogP contribution in [0.15, 0.2) is 87.1 Å². The first-order valence-corrected chi connectivity index (χ1v) is 53.7. The number of fused-ring (bicyclic) bond motifs is 6. The Morgan fingerprint density at radius 1 is 0.367 bits per heavy atom. The van der Waals surface area contributed by atoms with Crippen molar-refractivity contribution in [3.05, 3.63) is 114 Å². The first-order chi connectivity index (χ1) is 47.6. The normalized spacial score (nSPS) is 12.1. The van der Waals surface area contributed by atoms with Crippen LogP contribution >= 0.6 is 68.0 Å². The second kappa shape index (κ2) is 44.0. The average Bonchev–Trinajstić information content (AvgIpc) is 1.59. The molecule has 0 radical (unpaired) electrons. The van der Waals surface area contributed by atoms with Crippen molar-refractivity contribution in [2.45, 2.75) is 261 Å². The largest absolute Gasteiger partial charge is 0.491 e. The molecule has 9 aromatic rings. The summed E-state index contributed by atoms with van der Waals surface area (Å²) in [4.78, 5) is 34.0. The molecular weight excluding hydrogens is 1460 g/mol. The number of carbonyl (C=O) groups is 2. The van der Waals surface area contributed by atoms with Crippen molar-refractivity contribution >= 4 is 151 Å². The van der Waals surface area contributed by atoms with Gasteiger partial charge in [0.2, 0.25) is 11.6 Å². The van der Waals surface area contributed by atoms with Crippen molar-refractivity contribution < 1.29 is 41.1 Å². The zero-order valence-electron chi connectivity index (χ0n) is 60.9. The molecular formula is C81H114O9S7Sn. The smallest absolute Gasteiger partial charge is 0.205 e. The van der Waals surface area contributed by atoms with Crippen molar-refractivity contribution in [1.82, 2.24) is 0 Å². The molecule has 3 aromatic carbocycles. The molecule has 0 bridgehead atoms. The molecule has 0 saturated heterocycles. The number of ketones is 2. The minimum Gasteiger partial charge on any atom is -0.491 e. The Balaban J connectivity index is 0.000000194. The third kappa shape index (κ3) is 24.7. The van der Waals surface area contributed by atoms with Crippen LogP contribution in [0.5, 0.6) is 23.0 Å². The molecule has 17 heteroatoms. The Kier molecular flexibility index (Phi) is 36.5. The van der Waals surface area contributed by atoms with Crippen molar-refractivity contribution in [2.24, 2.45) is 0 Å². The molecule has 98 heavy (non-hydrogen) atoms. The fraction of sp³-hybridized carbons (Fsp3) is 0.556. The third-order valence-corrected chi connectivity index (χ3v) is 34.3. The molecule has 1 aliphatic rings. The summed E-state index contributed by atoms with van der Waals surface area (Å²) >= 11 is 7.86. The summed E-state index contributed by atoms with van der Waals surface area (Å²) in [6, 6.07) is 19.4. The number of ether oxygens (including phenoxy) is 4. The van der Waals surface area contributed by atoms with Gasteiger partial charge in [-0.15, -0.1) is 45.3 Å². The molecule has 0 saturated carbocycles. The third-order valence-electron chi connectivity index (χ3n) is 17.7. The van der Waals surface area contributed by atoms with Crippen molar-refractivity contribution in [1.29, 1.82) is 0 Å². The van der Waals surface area contributed by atoms with Gasteiger partial charge in [0, 0.05) is 21.9 Å². The molecule has 0 fully saturated rings. The van der Waals surface area contributed by atoms with Crippen LogP contribution in [0.3, 0.4) is 0 Å². The number of benzene rings is 3. The first-order valence-electron chi connectivity index (χ1n) is 37.2. The Morgan fingerprint density at radius 2 is 0.704 bits per heavy atom. The Hall–Kier alpha value is -3.85. The summed E-state index contributed by atoms with van der Waals surface area (Å²) in [6.45, 7) is 18.9. The second-order valence-corrected chi connectivity index (χ2v) is 50.2. The van der Waals surface area contributed by atoms with Crippen molar-refractivity contribution in [2.75, 3.05) is 33.0 Å². The zero-order chi connectivity index (χ0) is 70.1. The monoisotopic (exact) mass is 1570 g/mol. The van der Waals surface area contributed by atoms with E-state index in [2.05, 4.69) is 91.4 Å². The van der Waals surface area contributed by atoms with E-state index in [0.29, 0.717) is 20.9 Å². The minimum absolute atomic E-state index is 0.00847. The number of hydrogen-bond donors (Lipinski definition) is 0. The summed E-state index contributed by atoms with van der Waals surface area (Å²) in [6.07, 6.45) is 37.6. The van der Waals surface area contributed by atoms with Crippen LogP contribution in [0.2, 0.25) is 14.8 Å². The van der Waals surface area contributed by atoms with E-state index < -0.39 is 28.5 Å². The maximum Gasteiger partial charge on any atom is 0.205 e. The van der Waals surface area contributed by atoms with Gasteiger partial charge < -0.3 is 9.47 Å². The fourth-order valence-electron chi connectivity index (χ4n) is 12.0. The summed E-state index contributed by atoms with van der Waals surface area (Å²) in [5, 5.41) is 12.9. The van der Waals surface area contributed by atoms with Gasteiger partial charge >= 0.3 is 214 Å². The fourth-order valence-corrected chi connectivity index (χ4v) is 23.8. The van der Waals surface area contributed by atoms with Gasteiger partial charge in [0.05, 0.1) is 43.9 Å². The number of unbranched alkanes of at least 4 members (excludes halogenated alkanes) is 25. The number of rotatable bonds is 42. The standard InChI is InChI=1S/C27H39O2S2.C26H38O2S2.C15H24O3S.C10H4O2S2.3CH3.Sn/c1-4-6-8-10-12-14-17-28-24-22-16-19-30-26(22)25(23-20-21(3)31-27(23)24)29-18-15-13-11-9-7-5-2;1-3-5-7-9-11-13-17-27-23-21-15-19-30-26(21)24(22-16-20-29-25(22)23)28-18-14-12-10-8-6-4-2;1-3-4-5-6-7-8-13-18-19(16,17)15-11-9-14(2)10-12-15;11-7-5-1-3-13-9(5)8(12)6-2-4-14-10(6)7;;;;/h16,20H,4-15,17-18H2,1-3H3;15-16,19-20H,3-14,17-18H2,1-2H3;9-12H,3-8,13H2,1-2H3;1-4H;3*1H3;. The molecule has 0 spiro atoms. The van der Waals surface area contributed by atoms with Crippen LogP contribution in [0, 0.1) is 13.8 Å². The first kappa shape index (κ1) is 81.4. The molecule has 9 nitrogen and oxygen atoms in total. The van der Waals surface area contributed by atoms with E-state index in [1.54, 1.807) is 72.7 Å². The van der Waals surface area contributed by atoms with Crippen LogP contribution in [0.1, 0.15) is 268 Å². The molecule has 0 unspecified atom stereocenters. The number of carbonyl (C=O) groups excluding carboxylic acids is 2. The maximum absolute atomic E-state index is 11.9. The van der Waals surface area contributed by atoms with Gasteiger partial charge in [-0.3, -0.25) is 13.8 Å². The van der Waals surface area contributed by atoms with Gasteiger partial charge in [-0.1, -0.05) is 149 Å². The van der Waals surface area contributed by atoms with E-state index in [0.717, 1.165) is 99.9 Å². The molecule has 0 N–H and O–H groups in total. The van der Waals surface area contributed by atoms with Crippen molar-refractivity contribution in [3.63, 3.8) is 0 Å². The van der Waals surface area contributed by atoms with E-state index in [1.807, 2.05) is 29.6 Å². The van der Waals surface area contributed by atoms with Gasteiger partial charge in [0.25, 0.3) is 10.1 Å². The summed E-state index contributed by atoms with van der Waals surface area (Å²) < 4.78 is 61.3. The summed E-state index contributed by atoms with van der Waals surface area (Å²) in [5.41, 5.74) is 2.17. The zero-order valence-corrected chi connectivity index (χ0v) is 69.4. The second-order valence-electron chi connectivity index (χ2n) is 27.2. The van der Waals surface area contributed by atoms with E-state index >= 15 is 0 Å². The van der Waals surface area contributed by atoms with Gasteiger partial charge in [-0.05, 0) is 84.1 Å². The molecule has 0 aliphatic heterocycles. The number of thiophene rings is 6. The Labute approximate surface area is 617 Å². The molecule has 10 rings (SSSR count). The quantitative estimate of drug-likeness (QED) is 0.0210. The van der Waals surface area contributed by atoms with E-state index in [9.17, 15) is 18.0 Å². The van der Waals surface area contributed by atoms with Crippen molar-refractivity contribution in [3.8, 4) is 23.0 Å². The van der Waals surface area contributed by atoms with Gasteiger partial charge in [-0.2, -0.15) is 8.42 Å². The minimum atomic E-state index is -3.57. The van der Waals surface area contributed by atoms with Crippen LogP contribution in [-0.4, -0.2) is 71.4 Å². The van der Waals surface area contributed by atoms with Crippen LogP contribution < -0.4 is 21.8 Å². The predicted molar refractivity (Wildman–Crippen MR) is 431 cm³/mol.